The van der Waals surface area contributed by atoms with Gasteiger partial charge < -0.3 is 0 Å². The molecule has 59 valence electrons. The van der Waals surface area contributed by atoms with Crippen LogP contribution >= 0.6 is 8.46 Å². The normalized spacial score (nSPS) is 10.7. The zero-order chi connectivity index (χ0) is 8.39. The van der Waals surface area contributed by atoms with Crippen LogP contribution in [-0.4, -0.2) is 0 Å². The van der Waals surface area contributed by atoms with Gasteiger partial charge in [-0.05, 0) is 16.8 Å². The minimum Gasteiger partial charge on any atom is -0.285 e. The van der Waals surface area contributed by atoms with Gasteiger partial charge in [0, 0.05) is 5.30 Å². The fraction of sp³-hybridized carbons (Fsp3) is 0. The first-order valence-corrected chi connectivity index (χ1v) is 4.68. The summed E-state index contributed by atoms with van der Waals surface area (Å²) >= 11 is 0. The summed E-state index contributed by atoms with van der Waals surface area (Å²) in [5, 5.41) is 3.15. The van der Waals surface area contributed by atoms with Crippen molar-refractivity contribution in [3.05, 3.63) is 42.5 Å². The molecule has 1 nitrogen and oxygen atoms in total. The highest BCUT2D eigenvalue weighted by Gasteiger charge is 1.96. The van der Waals surface area contributed by atoms with E-state index in [0.717, 1.165) is 16.1 Å². The first-order valence-electron chi connectivity index (χ1n) is 3.78. The van der Waals surface area contributed by atoms with Crippen molar-refractivity contribution < 1.29 is 4.57 Å². The Hall–Kier alpha value is -1.20. The molecule has 0 aliphatic rings. The van der Waals surface area contributed by atoms with Crippen molar-refractivity contribution in [1.82, 2.24) is 0 Å². The van der Waals surface area contributed by atoms with Gasteiger partial charge in [-0.1, -0.05) is 36.4 Å². The molecule has 0 bridgehead atoms. The zero-order valence-electron chi connectivity index (χ0n) is 6.45. The number of hydrogen-bond donors (Lipinski definition) is 0. The van der Waals surface area contributed by atoms with Crippen molar-refractivity contribution in [3.8, 4) is 0 Å². The van der Waals surface area contributed by atoms with E-state index in [0.29, 0.717) is 0 Å². The Kier molecular flexibility index (Phi) is 1.89. The first-order chi connectivity index (χ1) is 5.92. The molecule has 1 radical (unpaired) electrons. The Bertz CT molecular complexity index is 418. The van der Waals surface area contributed by atoms with Crippen LogP contribution < -0.4 is 5.30 Å². The van der Waals surface area contributed by atoms with Crippen LogP contribution in [0.4, 0.5) is 0 Å². The SMILES string of the molecule is O=[PH]c1cccc2ccccc12. The van der Waals surface area contributed by atoms with E-state index in [4.69, 9.17) is 0 Å². The molecule has 0 spiro atoms. The largest absolute Gasteiger partial charge is 0.285 e. The van der Waals surface area contributed by atoms with E-state index in [1.807, 2.05) is 42.5 Å². The predicted molar refractivity (Wildman–Crippen MR) is 52.6 cm³/mol. The highest BCUT2D eigenvalue weighted by Crippen LogP contribution is 2.13. The number of benzene rings is 2. The van der Waals surface area contributed by atoms with Gasteiger partial charge in [0.05, 0.1) is 8.46 Å². The standard InChI is InChI=1S/C10H8OP/c11-12-10-7-3-5-8-4-1-2-6-9(8)10/h1-7,12H. The third-order valence-electron chi connectivity index (χ3n) is 1.90. The van der Waals surface area contributed by atoms with E-state index < -0.39 is 0 Å². The highest BCUT2D eigenvalue weighted by atomic mass is 31.1. The van der Waals surface area contributed by atoms with Crippen molar-refractivity contribution in [1.29, 1.82) is 0 Å². The van der Waals surface area contributed by atoms with Crippen molar-refractivity contribution in [2.75, 3.05) is 0 Å². The molecule has 0 saturated heterocycles. The van der Waals surface area contributed by atoms with Gasteiger partial charge >= 0.3 is 0 Å². The predicted octanol–water partition coefficient (Wildman–Crippen LogP) is 2.49. The molecule has 2 heteroatoms. The van der Waals surface area contributed by atoms with Gasteiger partial charge in [-0.25, -0.2) is 0 Å². The van der Waals surface area contributed by atoms with E-state index in [1.165, 1.54) is 0 Å². The van der Waals surface area contributed by atoms with E-state index >= 15 is 0 Å². The summed E-state index contributed by atoms with van der Waals surface area (Å²) in [4.78, 5) is 0. The fourth-order valence-electron chi connectivity index (χ4n) is 1.31. The van der Waals surface area contributed by atoms with Crippen molar-refractivity contribution in [3.63, 3.8) is 0 Å². The van der Waals surface area contributed by atoms with Crippen LogP contribution in [0.25, 0.3) is 10.8 Å². The van der Waals surface area contributed by atoms with Crippen LogP contribution in [0.2, 0.25) is 0 Å². The number of fused-ring (bicyclic) bond motifs is 1. The maximum atomic E-state index is 10.8. The molecule has 12 heavy (non-hydrogen) atoms. The molecule has 2 aromatic rings. The van der Waals surface area contributed by atoms with Crippen molar-refractivity contribution in [2.45, 2.75) is 0 Å². The second-order valence-electron chi connectivity index (χ2n) is 2.63. The summed E-state index contributed by atoms with van der Waals surface area (Å²) in [7, 11) is -0.366. The van der Waals surface area contributed by atoms with Crippen LogP contribution in [-0.2, 0) is 4.57 Å². The molecule has 0 amide bonds. The summed E-state index contributed by atoms with van der Waals surface area (Å²) in [5.41, 5.74) is 0. The molecule has 1 unspecified atom stereocenters. The topological polar surface area (TPSA) is 17.1 Å². The summed E-state index contributed by atoms with van der Waals surface area (Å²) in [6.45, 7) is 0. The summed E-state index contributed by atoms with van der Waals surface area (Å²) in [6.07, 6.45) is 0. The Morgan fingerprint density at radius 1 is 0.917 bits per heavy atom. The van der Waals surface area contributed by atoms with Gasteiger partial charge in [0.25, 0.3) is 0 Å². The maximum Gasteiger partial charge on any atom is 0.0908 e. The van der Waals surface area contributed by atoms with Crippen LogP contribution in [0.1, 0.15) is 0 Å². The highest BCUT2D eigenvalue weighted by molar-refractivity contribution is 7.34. The van der Waals surface area contributed by atoms with Crippen LogP contribution in [0.5, 0.6) is 0 Å². The van der Waals surface area contributed by atoms with Gasteiger partial charge in [-0.2, -0.15) is 0 Å². The molecule has 0 aliphatic heterocycles. The second-order valence-corrected chi connectivity index (χ2v) is 3.37. The molecule has 2 rings (SSSR count). The van der Waals surface area contributed by atoms with Crippen molar-refractivity contribution in [2.24, 2.45) is 0 Å². The quantitative estimate of drug-likeness (QED) is 0.608. The number of hydrogen-bond acceptors (Lipinski definition) is 1. The molecule has 0 heterocycles. The molecular weight excluding hydrogens is 167 g/mol. The Balaban J connectivity index is 2.88. The van der Waals surface area contributed by atoms with Gasteiger partial charge in [-0.15, -0.1) is 0 Å². The van der Waals surface area contributed by atoms with Gasteiger partial charge in [0.2, 0.25) is 0 Å². The lowest BCUT2D eigenvalue weighted by atomic mass is 10.1. The molecule has 0 N–H and O–H groups in total. The lowest BCUT2D eigenvalue weighted by Crippen LogP contribution is -1.91. The summed E-state index contributed by atoms with van der Waals surface area (Å²) < 4.78 is 10.8. The minimum atomic E-state index is -0.366. The third-order valence-corrected chi connectivity index (χ3v) is 2.56. The molecule has 0 saturated carbocycles. The van der Waals surface area contributed by atoms with Crippen LogP contribution in [0, 0.1) is 0 Å². The zero-order valence-corrected chi connectivity index (χ0v) is 7.45. The van der Waals surface area contributed by atoms with E-state index in [9.17, 15) is 4.57 Å². The smallest absolute Gasteiger partial charge is 0.0908 e. The third kappa shape index (κ3) is 1.13. The lowest BCUT2D eigenvalue weighted by Gasteiger charge is -1.98. The Morgan fingerprint density at radius 2 is 1.67 bits per heavy atom. The van der Waals surface area contributed by atoms with Gasteiger partial charge in [0.15, 0.2) is 0 Å². The van der Waals surface area contributed by atoms with Crippen LogP contribution in [0.3, 0.4) is 0 Å². The van der Waals surface area contributed by atoms with Crippen LogP contribution in [0.15, 0.2) is 42.5 Å². The number of rotatable bonds is 1. The minimum absolute atomic E-state index is 0.366. The average Bonchev–Trinajstić information content (AvgIpc) is 2.17. The van der Waals surface area contributed by atoms with E-state index in [2.05, 4.69) is 0 Å². The molecule has 2 aromatic carbocycles. The Morgan fingerprint density at radius 3 is 2.50 bits per heavy atom. The molecule has 1 atom stereocenters. The summed E-state index contributed by atoms with van der Waals surface area (Å²) in [6, 6.07) is 13.8. The second kappa shape index (κ2) is 3.04. The molecule has 0 aliphatic carbocycles. The van der Waals surface area contributed by atoms with E-state index in [-0.39, 0.29) is 8.46 Å². The van der Waals surface area contributed by atoms with Crippen molar-refractivity contribution >= 4 is 24.5 Å². The first kappa shape index (κ1) is 7.45. The van der Waals surface area contributed by atoms with E-state index in [1.54, 1.807) is 0 Å². The van der Waals surface area contributed by atoms with Gasteiger partial charge in [0.1, 0.15) is 0 Å². The van der Waals surface area contributed by atoms with Gasteiger partial charge in [-0.3, -0.25) is 4.57 Å². The summed E-state index contributed by atoms with van der Waals surface area (Å²) in [5.74, 6) is 0. The molecule has 0 fully saturated rings. The monoisotopic (exact) mass is 175 g/mol. The molecule has 0 aromatic heterocycles. The average molecular weight is 175 g/mol. The lowest BCUT2D eigenvalue weighted by molar-refractivity contribution is 0.603. The maximum absolute atomic E-state index is 10.8. The molecular formula is C10H8OP. The fourth-order valence-corrected chi connectivity index (χ4v) is 1.82. The Labute approximate surface area is 72.2 Å².